The third-order valence-electron chi connectivity index (χ3n) is 4.10. The van der Waals surface area contributed by atoms with Crippen molar-refractivity contribution in [2.24, 2.45) is 5.92 Å². The molecule has 1 aromatic carbocycles. The zero-order valence-electron chi connectivity index (χ0n) is 16.3. The average molecular weight is 401 g/mol. The highest BCUT2D eigenvalue weighted by molar-refractivity contribution is 7.16. The number of benzene rings is 1. The number of ether oxygens (including phenoxy) is 1. The Labute approximate surface area is 167 Å². The minimum atomic E-state index is -0.208. The number of unbranched alkanes of at least 4 members (excludes halogenated alkanes) is 1. The van der Waals surface area contributed by atoms with Crippen molar-refractivity contribution in [2.45, 2.75) is 46.6 Å². The van der Waals surface area contributed by atoms with E-state index >= 15 is 0 Å². The molecular weight excluding hydrogens is 376 g/mol. The van der Waals surface area contributed by atoms with Crippen molar-refractivity contribution in [2.75, 3.05) is 5.32 Å². The van der Waals surface area contributed by atoms with Gasteiger partial charge in [-0.15, -0.1) is 0 Å². The van der Waals surface area contributed by atoms with Crippen molar-refractivity contribution >= 4 is 27.9 Å². The lowest BCUT2D eigenvalue weighted by Gasteiger charge is -2.10. The molecule has 0 saturated heterocycles. The van der Waals surface area contributed by atoms with E-state index in [4.69, 9.17) is 4.74 Å². The van der Waals surface area contributed by atoms with Crippen LogP contribution in [0.2, 0.25) is 0 Å². The molecule has 148 valence electrons. The highest BCUT2D eigenvalue weighted by atomic mass is 32.1. The third-order valence-corrected chi connectivity index (χ3v) is 5.06. The Morgan fingerprint density at radius 2 is 2.14 bits per heavy atom. The van der Waals surface area contributed by atoms with Crippen LogP contribution in [0.25, 0.3) is 4.96 Å². The molecule has 28 heavy (non-hydrogen) atoms. The van der Waals surface area contributed by atoms with Gasteiger partial charge in [-0.1, -0.05) is 44.6 Å². The molecule has 7 nitrogen and oxygen atoms in total. The maximum atomic E-state index is 12.3. The smallest absolute Gasteiger partial charge is 0.275 e. The monoisotopic (exact) mass is 400 g/mol. The molecule has 2 heterocycles. The molecule has 0 fully saturated rings. The quantitative estimate of drug-likeness (QED) is 0.624. The van der Waals surface area contributed by atoms with E-state index in [1.807, 2.05) is 13.8 Å². The molecule has 3 aromatic rings. The van der Waals surface area contributed by atoms with E-state index in [9.17, 15) is 9.59 Å². The molecule has 0 aliphatic rings. The number of rotatable bonds is 8. The minimum absolute atomic E-state index is 0.0543. The summed E-state index contributed by atoms with van der Waals surface area (Å²) in [4.78, 5) is 29.2. The van der Waals surface area contributed by atoms with Crippen molar-refractivity contribution < 1.29 is 9.53 Å². The molecule has 0 atom stereocenters. The van der Waals surface area contributed by atoms with Crippen LogP contribution in [-0.4, -0.2) is 20.5 Å². The predicted octanol–water partition coefficient (Wildman–Crippen LogP) is 3.67. The first-order chi connectivity index (χ1) is 13.5. The second kappa shape index (κ2) is 8.97. The number of aryl methyl sites for hydroxylation is 1. The largest absolute Gasteiger partial charge is 0.487 e. The summed E-state index contributed by atoms with van der Waals surface area (Å²) in [6.45, 7) is 5.96. The Morgan fingerprint density at radius 1 is 1.32 bits per heavy atom. The zero-order valence-corrected chi connectivity index (χ0v) is 17.1. The van der Waals surface area contributed by atoms with Gasteiger partial charge < -0.3 is 10.1 Å². The summed E-state index contributed by atoms with van der Waals surface area (Å²) < 4.78 is 7.12. The van der Waals surface area contributed by atoms with Gasteiger partial charge in [0.15, 0.2) is 0 Å². The van der Waals surface area contributed by atoms with Crippen molar-refractivity contribution in [3.05, 3.63) is 51.4 Å². The van der Waals surface area contributed by atoms with Crippen LogP contribution in [0.1, 0.15) is 44.3 Å². The Bertz CT molecular complexity index is 1030. The van der Waals surface area contributed by atoms with Crippen LogP contribution in [0.5, 0.6) is 5.75 Å². The summed E-state index contributed by atoms with van der Waals surface area (Å²) in [5, 5.41) is 8.09. The van der Waals surface area contributed by atoms with Crippen molar-refractivity contribution in [3.63, 3.8) is 0 Å². The number of carbonyl (C=O) groups is 1. The van der Waals surface area contributed by atoms with Gasteiger partial charge in [0.05, 0.1) is 5.69 Å². The van der Waals surface area contributed by atoms with Crippen LogP contribution in [0, 0.1) is 5.92 Å². The lowest BCUT2D eigenvalue weighted by atomic mass is 10.2. The molecule has 0 aliphatic carbocycles. The second-order valence-electron chi connectivity index (χ2n) is 6.84. The molecule has 1 N–H and O–H groups in total. The summed E-state index contributed by atoms with van der Waals surface area (Å²) in [7, 11) is 0. The van der Waals surface area contributed by atoms with E-state index in [1.165, 1.54) is 21.9 Å². The van der Waals surface area contributed by atoms with Crippen LogP contribution in [0.15, 0.2) is 35.1 Å². The summed E-state index contributed by atoms with van der Waals surface area (Å²) in [5.41, 5.74) is 1.01. The van der Waals surface area contributed by atoms with Gasteiger partial charge in [-0.05, 0) is 18.6 Å². The molecule has 0 spiro atoms. The fourth-order valence-corrected chi connectivity index (χ4v) is 3.47. The Kier molecular flexibility index (Phi) is 6.41. The molecule has 0 saturated carbocycles. The van der Waals surface area contributed by atoms with Gasteiger partial charge in [-0.2, -0.15) is 9.61 Å². The van der Waals surface area contributed by atoms with Crippen LogP contribution < -0.4 is 15.6 Å². The summed E-state index contributed by atoms with van der Waals surface area (Å²) in [5.74, 6) is 0.438. The van der Waals surface area contributed by atoms with Gasteiger partial charge in [-0.25, -0.2) is 4.98 Å². The van der Waals surface area contributed by atoms with Crippen molar-refractivity contribution in [1.82, 2.24) is 14.6 Å². The first kappa shape index (κ1) is 20.0. The molecule has 2 aromatic heterocycles. The maximum Gasteiger partial charge on any atom is 0.275 e. The normalized spacial score (nSPS) is 11.1. The molecule has 0 radical (unpaired) electrons. The molecule has 3 rings (SSSR count). The summed E-state index contributed by atoms with van der Waals surface area (Å²) >= 11 is 1.44. The summed E-state index contributed by atoms with van der Waals surface area (Å²) in [6, 6.07) is 8.60. The van der Waals surface area contributed by atoms with Gasteiger partial charge in [0.1, 0.15) is 17.4 Å². The van der Waals surface area contributed by atoms with Crippen LogP contribution >= 0.6 is 11.3 Å². The van der Waals surface area contributed by atoms with Crippen molar-refractivity contribution in [3.8, 4) is 5.75 Å². The number of hydrogen-bond donors (Lipinski definition) is 1. The van der Waals surface area contributed by atoms with E-state index in [0.717, 1.165) is 24.3 Å². The number of carbonyl (C=O) groups excluding carboxylic acids is 1. The maximum absolute atomic E-state index is 12.3. The number of anilines is 1. The second-order valence-corrected chi connectivity index (χ2v) is 7.88. The fourth-order valence-electron chi connectivity index (χ4n) is 2.51. The fraction of sp³-hybridized carbons (Fsp3) is 0.400. The van der Waals surface area contributed by atoms with Crippen LogP contribution in [0.3, 0.4) is 0 Å². The standard InChI is InChI=1S/C20H24N4O3S/c1-4-5-9-17-23-24-18(25)11-15(22-20(24)28-17)12-27-16-8-6-7-14(10-16)21-19(26)13(2)3/h6-8,10-11,13H,4-5,9,12H2,1-3H3,(H,21,26). The van der Waals surface area contributed by atoms with Gasteiger partial charge in [0, 0.05) is 30.2 Å². The first-order valence-electron chi connectivity index (χ1n) is 9.38. The number of nitrogens with zero attached hydrogens (tertiary/aromatic N) is 3. The minimum Gasteiger partial charge on any atom is -0.487 e. The van der Waals surface area contributed by atoms with E-state index in [0.29, 0.717) is 22.1 Å². The highest BCUT2D eigenvalue weighted by Gasteiger charge is 2.10. The highest BCUT2D eigenvalue weighted by Crippen LogP contribution is 2.19. The van der Waals surface area contributed by atoms with E-state index in [-0.39, 0.29) is 24.0 Å². The zero-order chi connectivity index (χ0) is 20.1. The Hall–Kier alpha value is -2.74. The summed E-state index contributed by atoms with van der Waals surface area (Å²) in [6.07, 6.45) is 2.97. The topological polar surface area (TPSA) is 85.6 Å². The molecule has 0 bridgehead atoms. The molecule has 1 amide bonds. The van der Waals surface area contributed by atoms with E-state index in [1.54, 1.807) is 24.3 Å². The lowest BCUT2D eigenvalue weighted by Crippen LogP contribution is -2.17. The predicted molar refractivity (Wildman–Crippen MR) is 110 cm³/mol. The van der Waals surface area contributed by atoms with Crippen molar-refractivity contribution in [1.29, 1.82) is 0 Å². The van der Waals surface area contributed by atoms with Gasteiger partial charge in [0.2, 0.25) is 10.9 Å². The molecule has 0 aliphatic heterocycles. The van der Waals surface area contributed by atoms with Gasteiger partial charge >= 0.3 is 0 Å². The number of nitrogens with one attached hydrogen (secondary N) is 1. The average Bonchev–Trinajstić information content (AvgIpc) is 3.08. The number of aromatic nitrogens is 3. The third kappa shape index (κ3) is 4.95. The molecule has 8 heteroatoms. The molecular formula is C20H24N4O3S. The van der Waals surface area contributed by atoms with Gasteiger partial charge in [-0.3, -0.25) is 9.59 Å². The Balaban J connectivity index is 1.71. The van der Waals surface area contributed by atoms with E-state index < -0.39 is 0 Å². The number of fused-ring (bicyclic) bond motifs is 1. The Morgan fingerprint density at radius 3 is 2.89 bits per heavy atom. The van der Waals surface area contributed by atoms with Crippen LogP contribution in [-0.2, 0) is 17.8 Å². The van der Waals surface area contributed by atoms with Gasteiger partial charge in [0.25, 0.3) is 5.56 Å². The number of hydrogen-bond acceptors (Lipinski definition) is 6. The first-order valence-corrected chi connectivity index (χ1v) is 10.2. The van der Waals surface area contributed by atoms with Crippen LogP contribution in [0.4, 0.5) is 5.69 Å². The van der Waals surface area contributed by atoms with E-state index in [2.05, 4.69) is 22.3 Å². The number of amides is 1. The molecule has 0 unspecified atom stereocenters. The SMILES string of the molecule is CCCCc1nn2c(=O)cc(COc3cccc(NC(=O)C(C)C)c3)nc2s1. The lowest BCUT2D eigenvalue weighted by molar-refractivity contribution is -0.118.